The first-order valence-corrected chi connectivity index (χ1v) is 5.44. The van der Waals surface area contributed by atoms with Crippen molar-refractivity contribution in [3.8, 4) is 0 Å². The first kappa shape index (κ1) is 11.1. The van der Waals surface area contributed by atoms with Crippen molar-refractivity contribution in [1.82, 2.24) is 9.97 Å². The van der Waals surface area contributed by atoms with E-state index in [1.807, 2.05) is 6.92 Å². The molecule has 1 atom stereocenters. The molecule has 0 aromatic carbocycles. The number of hydrogen-bond donors (Lipinski definition) is 3. The fourth-order valence-electron chi connectivity index (χ4n) is 1.68. The second kappa shape index (κ2) is 4.61. The molecule has 0 radical (unpaired) electrons. The van der Waals surface area contributed by atoms with E-state index in [-0.39, 0.29) is 17.8 Å². The number of halogens is 1. The summed E-state index contributed by atoms with van der Waals surface area (Å²) in [7, 11) is 0. The Morgan fingerprint density at radius 1 is 1.62 bits per heavy atom. The first-order valence-electron chi connectivity index (χ1n) is 5.44. The van der Waals surface area contributed by atoms with Crippen LogP contribution in [0.3, 0.4) is 0 Å². The van der Waals surface area contributed by atoms with E-state index in [0.717, 1.165) is 18.5 Å². The Morgan fingerprint density at radius 3 is 3.00 bits per heavy atom. The van der Waals surface area contributed by atoms with Crippen LogP contribution in [0.1, 0.15) is 26.2 Å². The number of nitrogens with one attached hydrogen (secondary N) is 2. The highest BCUT2D eigenvalue weighted by Crippen LogP contribution is 2.34. The van der Waals surface area contributed by atoms with Crippen LogP contribution in [-0.2, 0) is 0 Å². The van der Waals surface area contributed by atoms with Crippen molar-refractivity contribution in [3.05, 3.63) is 12.0 Å². The number of rotatable bonds is 5. The molecule has 0 amide bonds. The van der Waals surface area contributed by atoms with Gasteiger partial charge in [-0.25, -0.2) is 15.2 Å². The third-order valence-corrected chi connectivity index (χ3v) is 2.64. The lowest BCUT2D eigenvalue weighted by Crippen LogP contribution is -2.19. The summed E-state index contributed by atoms with van der Waals surface area (Å²) in [5.74, 6) is 5.91. The first-order chi connectivity index (χ1) is 7.69. The van der Waals surface area contributed by atoms with Gasteiger partial charge in [0.05, 0.1) is 6.20 Å². The highest BCUT2D eigenvalue weighted by Gasteiger charge is 2.24. The topological polar surface area (TPSA) is 75.9 Å². The molecule has 4 N–H and O–H groups in total. The maximum absolute atomic E-state index is 13.4. The smallest absolute Gasteiger partial charge is 0.239 e. The number of hydrogen-bond acceptors (Lipinski definition) is 5. The fraction of sp³-hybridized carbons (Fsp3) is 0.600. The minimum Gasteiger partial charge on any atom is -0.365 e. The molecule has 1 aromatic heterocycles. The van der Waals surface area contributed by atoms with Gasteiger partial charge in [-0.3, -0.25) is 5.43 Å². The summed E-state index contributed by atoms with van der Waals surface area (Å²) in [4.78, 5) is 7.60. The Hall–Kier alpha value is -1.43. The summed E-state index contributed by atoms with van der Waals surface area (Å²) >= 11 is 0. The number of hydrazine groups is 1. The van der Waals surface area contributed by atoms with E-state index in [4.69, 9.17) is 5.84 Å². The van der Waals surface area contributed by atoms with Crippen LogP contribution in [0.4, 0.5) is 16.2 Å². The number of nitrogens with zero attached hydrogens (tertiary/aromatic N) is 2. The van der Waals surface area contributed by atoms with Crippen LogP contribution in [0.2, 0.25) is 0 Å². The van der Waals surface area contributed by atoms with Gasteiger partial charge in [0.15, 0.2) is 11.6 Å². The van der Waals surface area contributed by atoms with Crippen molar-refractivity contribution in [2.75, 3.05) is 10.7 Å². The van der Waals surface area contributed by atoms with E-state index in [0.29, 0.717) is 0 Å². The summed E-state index contributed by atoms with van der Waals surface area (Å²) in [5.41, 5.74) is 2.29. The number of aromatic nitrogens is 2. The van der Waals surface area contributed by atoms with Gasteiger partial charge in [0.25, 0.3) is 0 Å². The van der Waals surface area contributed by atoms with E-state index in [9.17, 15) is 4.39 Å². The van der Waals surface area contributed by atoms with Gasteiger partial charge in [-0.2, -0.15) is 4.98 Å². The van der Waals surface area contributed by atoms with Crippen LogP contribution >= 0.6 is 0 Å². The Morgan fingerprint density at radius 2 is 2.38 bits per heavy atom. The molecule has 1 unspecified atom stereocenters. The van der Waals surface area contributed by atoms with Crippen molar-refractivity contribution in [2.24, 2.45) is 11.8 Å². The van der Waals surface area contributed by atoms with Crippen molar-refractivity contribution in [1.29, 1.82) is 0 Å². The zero-order valence-corrected chi connectivity index (χ0v) is 9.20. The van der Waals surface area contributed by atoms with Crippen LogP contribution in [-0.4, -0.2) is 16.0 Å². The van der Waals surface area contributed by atoms with E-state index in [1.165, 1.54) is 12.8 Å². The van der Waals surface area contributed by atoms with Gasteiger partial charge < -0.3 is 5.32 Å². The molecule has 88 valence electrons. The average molecular weight is 225 g/mol. The lowest BCUT2D eigenvalue weighted by Gasteiger charge is -2.14. The van der Waals surface area contributed by atoms with Crippen LogP contribution < -0.4 is 16.6 Å². The molecule has 0 aliphatic heterocycles. The molecule has 16 heavy (non-hydrogen) atoms. The lowest BCUT2D eigenvalue weighted by molar-refractivity contribution is 0.598. The molecule has 0 bridgehead atoms. The summed E-state index contributed by atoms with van der Waals surface area (Å²) in [6.45, 7) is 2.02. The molecule has 0 saturated heterocycles. The normalized spacial score (nSPS) is 16.9. The fourth-order valence-corrected chi connectivity index (χ4v) is 1.68. The SMILES string of the molecule is CC(CC1CC1)Nc1nc(NN)ncc1F. The predicted octanol–water partition coefficient (Wildman–Crippen LogP) is 1.50. The van der Waals surface area contributed by atoms with E-state index in [1.54, 1.807) is 0 Å². The standard InChI is InChI=1S/C10H16FN5/c1-6(4-7-2-3-7)14-9-8(11)5-13-10(15-9)16-12/h5-7H,2-4,12H2,1H3,(H2,13,14,15,16). The van der Waals surface area contributed by atoms with Gasteiger partial charge in [-0.15, -0.1) is 0 Å². The van der Waals surface area contributed by atoms with E-state index >= 15 is 0 Å². The zero-order valence-electron chi connectivity index (χ0n) is 9.20. The Kier molecular flexibility index (Phi) is 3.19. The largest absolute Gasteiger partial charge is 0.365 e. The van der Waals surface area contributed by atoms with Crippen LogP contribution in [0.25, 0.3) is 0 Å². The van der Waals surface area contributed by atoms with Crippen LogP contribution in [0, 0.1) is 11.7 Å². The minimum absolute atomic E-state index is 0.205. The van der Waals surface area contributed by atoms with Crippen LogP contribution in [0.15, 0.2) is 6.20 Å². The molecule has 2 rings (SSSR count). The maximum atomic E-state index is 13.4. The number of nitrogens with two attached hydrogens (primary N) is 1. The molecule has 1 aliphatic rings. The summed E-state index contributed by atoms with van der Waals surface area (Å²) in [6.07, 6.45) is 4.73. The molecular formula is C10H16FN5. The van der Waals surface area contributed by atoms with Gasteiger partial charge in [-0.1, -0.05) is 12.8 Å². The molecule has 0 spiro atoms. The molecule has 1 aliphatic carbocycles. The van der Waals surface area contributed by atoms with E-state index < -0.39 is 5.82 Å². The Balaban J connectivity index is 2.00. The third-order valence-electron chi connectivity index (χ3n) is 2.64. The number of nitrogen functional groups attached to an aromatic ring is 1. The molecule has 6 heteroatoms. The third kappa shape index (κ3) is 2.79. The predicted molar refractivity (Wildman–Crippen MR) is 60.2 cm³/mol. The van der Waals surface area contributed by atoms with Gasteiger partial charge in [0.1, 0.15) is 0 Å². The zero-order chi connectivity index (χ0) is 11.5. The summed E-state index contributed by atoms with van der Waals surface area (Å²) in [6, 6.07) is 0.211. The second-order valence-electron chi connectivity index (χ2n) is 4.26. The second-order valence-corrected chi connectivity index (χ2v) is 4.26. The summed E-state index contributed by atoms with van der Waals surface area (Å²) < 4.78 is 13.4. The van der Waals surface area contributed by atoms with Crippen molar-refractivity contribution < 1.29 is 4.39 Å². The van der Waals surface area contributed by atoms with Gasteiger partial charge in [0, 0.05) is 6.04 Å². The van der Waals surface area contributed by atoms with Crippen LogP contribution in [0.5, 0.6) is 0 Å². The highest BCUT2D eigenvalue weighted by molar-refractivity contribution is 5.41. The molecule has 1 aromatic rings. The Labute approximate surface area is 93.6 Å². The van der Waals surface area contributed by atoms with Crippen molar-refractivity contribution in [2.45, 2.75) is 32.2 Å². The monoisotopic (exact) mass is 225 g/mol. The molecule has 1 fully saturated rings. The minimum atomic E-state index is -0.457. The average Bonchev–Trinajstić information content (AvgIpc) is 3.05. The maximum Gasteiger partial charge on any atom is 0.239 e. The van der Waals surface area contributed by atoms with E-state index in [2.05, 4.69) is 20.7 Å². The molecule has 5 nitrogen and oxygen atoms in total. The van der Waals surface area contributed by atoms with Crippen molar-refractivity contribution >= 4 is 11.8 Å². The Bertz CT molecular complexity index is 366. The summed E-state index contributed by atoms with van der Waals surface area (Å²) in [5, 5.41) is 3.03. The lowest BCUT2D eigenvalue weighted by atomic mass is 10.1. The van der Waals surface area contributed by atoms with Gasteiger partial charge in [0.2, 0.25) is 5.95 Å². The van der Waals surface area contributed by atoms with Gasteiger partial charge in [-0.05, 0) is 19.3 Å². The highest BCUT2D eigenvalue weighted by atomic mass is 19.1. The van der Waals surface area contributed by atoms with Gasteiger partial charge >= 0.3 is 0 Å². The van der Waals surface area contributed by atoms with Crippen molar-refractivity contribution in [3.63, 3.8) is 0 Å². The molecular weight excluding hydrogens is 209 g/mol. The quantitative estimate of drug-likeness (QED) is 0.523. The number of anilines is 2. The molecule has 1 heterocycles. The molecule has 1 saturated carbocycles.